The molecule has 0 radical (unpaired) electrons. The van der Waals surface area contributed by atoms with Crippen LogP contribution in [0.5, 0.6) is 0 Å². The van der Waals surface area contributed by atoms with Gasteiger partial charge < -0.3 is 10.4 Å². The molecule has 2 N–H and O–H groups in total. The number of hydrogen-bond donors (Lipinski definition) is 2. The van der Waals surface area contributed by atoms with E-state index in [1.54, 1.807) is 36.4 Å². The highest BCUT2D eigenvalue weighted by Crippen LogP contribution is 2.25. The maximum absolute atomic E-state index is 11.1. The van der Waals surface area contributed by atoms with Crippen LogP contribution in [0.4, 0.5) is 11.4 Å². The maximum Gasteiger partial charge on any atom is 0.337 e. The molecule has 0 fully saturated rings. The summed E-state index contributed by atoms with van der Waals surface area (Å²) in [6.07, 6.45) is 0. The second kappa shape index (κ2) is 5.55. The standard InChI is InChI=1S/C14H9BrN2O2/c15-10-5-6-12(9(7-10)8-16)17-13-4-2-1-3-11(13)14(18)19/h1-7,17H,(H,18,19). The lowest BCUT2D eigenvalue weighted by Gasteiger charge is -2.11. The van der Waals surface area contributed by atoms with Gasteiger partial charge in [-0.15, -0.1) is 0 Å². The predicted molar refractivity (Wildman–Crippen MR) is 75.5 cm³/mol. The Morgan fingerprint density at radius 2 is 1.95 bits per heavy atom. The molecule has 0 saturated carbocycles. The van der Waals surface area contributed by atoms with Gasteiger partial charge >= 0.3 is 5.97 Å². The number of nitrogens with one attached hydrogen (secondary N) is 1. The number of carboxylic acids is 1. The molecule has 5 heteroatoms. The third kappa shape index (κ3) is 2.92. The van der Waals surface area contributed by atoms with Gasteiger partial charge in [-0.3, -0.25) is 0 Å². The largest absolute Gasteiger partial charge is 0.478 e. The molecule has 0 heterocycles. The topological polar surface area (TPSA) is 73.1 Å². The molecule has 2 aromatic carbocycles. The molecule has 2 aromatic rings. The number of aromatic carboxylic acids is 1. The number of anilines is 2. The summed E-state index contributed by atoms with van der Waals surface area (Å²) in [6.45, 7) is 0. The molecule has 19 heavy (non-hydrogen) atoms. The molecule has 0 unspecified atom stereocenters. The Morgan fingerprint density at radius 1 is 1.21 bits per heavy atom. The maximum atomic E-state index is 11.1. The van der Waals surface area contributed by atoms with E-state index in [4.69, 9.17) is 10.4 Å². The highest BCUT2D eigenvalue weighted by molar-refractivity contribution is 9.10. The molecule has 94 valence electrons. The minimum absolute atomic E-state index is 0.161. The number of carbonyl (C=O) groups is 1. The van der Waals surface area contributed by atoms with Gasteiger partial charge in [0.25, 0.3) is 0 Å². The zero-order valence-electron chi connectivity index (χ0n) is 9.72. The number of carboxylic acid groups (broad SMARTS) is 1. The van der Waals surface area contributed by atoms with Gasteiger partial charge in [0, 0.05) is 4.47 Å². The van der Waals surface area contributed by atoms with E-state index in [1.165, 1.54) is 6.07 Å². The summed E-state index contributed by atoms with van der Waals surface area (Å²) < 4.78 is 0.793. The minimum atomic E-state index is -1.02. The molecular weight excluding hydrogens is 308 g/mol. The summed E-state index contributed by atoms with van der Waals surface area (Å²) in [5.74, 6) is -1.02. The summed E-state index contributed by atoms with van der Waals surface area (Å²) in [6, 6.07) is 13.8. The van der Waals surface area contributed by atoms with E-state index in [0.717, 1.165) is 4.47 Å². The van der Waals surface area contributed by atoms with Gasteiger partial charge in [0.2, 0.25) is 0 Å². The van der Waals surface area contributed by atoms with Gasteiger partial charge in [0.05, 0.1) is 22.5 Å². The van der Waals surface area contributed by atoms with E-state index >= 15 is 0 Å². The number of para-hydroxylation sites is 1. The second-order valence-electron chi connectivity index (χ2n) is 3.78. The average molecular weight is 317 g/mol. The smallest absolute Gasteiger partial charge is 0.337 e. The van der Waals surface area contributed by atoms with E-state index in [2.05, 4.69) is 27.3 Å². The van der Waals surface area contributed by atoms with Crippen LogP contribution in [0, 0.1) is 11.3 Å². The van der Waals surface area contributed by atoms with Crippen molar-refractivity contribution in [2.24, 2.45) is 0 Å². The van der Waals surface area contributed by atoms with Crippen LogP contribution in [0.3, 0.4) is 0 Å². The van der Waals surface area contributed by atoms with Crippen LogP contribution < -0.4 is 5.32 Å². The van der Waals surface area contributed by atoms with Crippen molar-refractivity contribution in [2.75, 3.05) is 5.32 Å². The lowest BCUT2D eigenvalue weighted by molar-refractivity contribution is 0.0698. The van der Waals surface area contributed by atoms with E-state index < -0.39 is 5.97 Å². The van der Waals surface area contributed by atoms with Crippen molar-refractivity contribution in [3.63, 3.8) is 0 Å². The first-order valence-corrected chi connectivity index (χ1v) is 6.20. The second-order valence-corrected chi connectivity index (χ2v) is 4.69. The average Bonchev–Trinajstić information content (AvgIpc) is 2.41. The Hall–Kier alpha value is -2.32. The molecule has 0 bridgehead atoms. The van der Waals surface area contributed by atoms with Crippen LogP contribution in [0.15, 0.2) is 46.9 Å². The number of nitrogens with zero attached hydrogens (tertiary/aromatic N) is 1. The van der Waals surface area contributed by atoms with Gasteiger partial charge in [-0.1, -0.05) is 28.1 Å². The third-order valence-electron chi connectivity index (χ3n) is 2.53. The summed E-state index contributed by atoms with van der Waals surface area (Å²) in [5, 5.41) is 21.2. The Bertz CT molecular complexity index is 677. The van der Waals surface area contributed by atoms with Crippen LogP contribution in [0.25, 0.3) is 0 Å². The van der Waals surface area contributed by atoms with E-state index in [1.807, 2.05) is 0 Å². The highest BCUT2D eigenvalue weighted by atomic mass is 79.9. The van der Waals surface area contributed by atoms with E-state index in [-0.39, 0.29) is 5.56 Å². The summed E-state index contributed by atoms with van der Waals surface area (Å²) >= 11 is 3.29. The summed E-state index contributed by atoms with van der Waals surface area (Å²) in [5.41, 5.74) is 1.62. The first-order chi connectivity index (χ1) is 9.11. The van der Waals surface area contributed by atoms with Crippen molar-refractivity contribution in [1.29, 1.82) is 5.26 Å². The Balaban J connectivity index is 2.43. The van der Waals surface area contributed by atoms with Crippen molar-refractivity contribution in [3.8, 4) is 6.07 Å². The molecular formula is C14H9BrN2O2. The van der Waals surface area contributed by atoms with E-state index in [0.29, 0.717) is 16.9 Å². The number of nitriles is 1. The third-order valence-corrected chi connectivity index (χ3v) is 3.02. The van der Waals surface area contributed by atoms with Crippen molar-refractivity contribution >= 4 is 33.3 Å². The molecule has 2 rings (SSSR count). The van der Waals surface area contributed by atoms with Crippen LogP contribution >= 0.6 is 15.9 Å². The normalized spacial score (nSPS) is 9.68. The SMILES string of the molecule is N#Cc1cc(Br)ccc1Nc1ccccc1C(=O)O. The molecule has 0 saturated heterocycles. The van der Waals surface area contributed by atoms with Gasteiger partial charge in [0.1, 0.15) is 6.07 Å². The Kier molecular flexibility index (Phi) is 3.83. The first kappa shape index (κ1) is 13.1. The highest BCUT2D eigenvalue weighted by Gasteiger charge is 2.10. The molecule has 0 atom stereocenters. The fourth-order valence-electron chi connectivity index (χ4n) is 1.64. The molecule has 0 aliphatic carbocycles. The fraction of sp³-hybridized carbons (Fsp3) is 0. The lowest BCUT2D eigenvalue weighted by atomic mass is 10.1. The van der Waals surface area contributed by atoms with Crippen molar-refractivity contribution in [2.45, 2.75) is 0 Å². The van der Waals surface area contributed by atoms with Crippen molar-refractivity contribution in [1.82, 2.24) is 0 Å². The van der Waals surface area contributed by atoms with Crippen molar-refractivity contribution < 1.29 is 9.90 Å². The van der Waals surface area contributed by atoms with Crippen LogP contribution in [0.2, 0.25) is 0 Å². The zero-order valence-corrected chi connectivity index (χ0v) is 11.3. The first-order valence-electron chi connectivity index (χ1n) is 5.41. The molecule has 4 nitrogen and oxygen atoms in total. The number of rotatable bonds is 3. The Morgan fingerprint density at radius 3 is 2.63 bits per heavy atom. The number of benzene rings is 2. The minimum Gasteiger partial charge on any atom is -0.478 e. The quantitative estimate of drug-likeness (QED) is 0.904. The number of hydrogen-bond acceptors (Lipinski definition) is 3. The molecule has 0 spiro atoms. The van der Waals surface area contributed by atoms with Crippen LogP contribution in [-0.2, 0) is 0 Å². The fourth-order valence-corrected chi connectivity index (χ4v) is 2.00. The Labute approximate surface area is 118 Å². The summed E-state index contributed by atoms with van der Waals surface area (Å²) in [7, 11) is 0. The lowest BCUT2D eigenvalue weighted by Crippen LogP contribution is -2.03. The predicted octanol–water partition coefficient (Wildman–Crippen LogP) is 3.76. The molecule has 0 aliphatic heterocycles. The summed E-state index contributed by atoms with van der Waals surface area (Å²) in [4.78, 5) is 11.1. The van der Waals surface area contributed by atoms with Crippen LogP contribution in [-0.4, -0.2) is 11.1 Å². The monoisotopic (exact) mass is 316 g/mol. The molecule has 0 amide bonds. The van der Waals surface area contributed by atoms with Gasteiger partial charge in [-0.05, 0) is 30.3 Å². The zero-order chi connectivity index (χ0) is 13.8. The van der Waals surface area contributed by atoms with Gasteiger partial charge in [-0.2, -0.15) is 5.26 Å². The van der Waals surface area contributed by atoms with Crippen molar-refractivity contribution in [3.05, 3.63) is 58.1 Å². The van der Waals surface area contributed by atoms with Gasteiger partial charge in [-0.25, -0.2) is 4.79 Å². The molecule has 0 aromatic heterocycles. The molecule has 0 aliphatic rings. The number of halogens is 1. The van der Waals surface area contributed by atoms with Crippen LogP contribution in [0.1, 0.15) is 15.9 Å². The van der Waals surface area contributed by atoms with Gasteiger partial charge in [0.15, 0.2) is 0 Å². The van der Waals surface area contributed by atoms with E-state index in [9.17, 15) is 4.79 Å².